The molecule has 0 aromatic rings. The van der Waals surface area contributed by atoms with E-state index >= 15 is 0 Å². The first-order valence-electron chi connectivity index (χ1n) is 4.33. The van der Waals surface area contributed by atoms with E-state index in [0.717, 1.165) is 0 Å². The smallest absolute Gasteiger partial charge is 0.326 e. The predicted octanol–water partition coefficient (Wildman–Crippen LogP) is -0.342. The van der Waals surface area contributed by atoms with Crippen molar-refractivity contribution >= 4 is 23.6 Å². The number of aliphatic carboxylic acids is 1. The molecule has 1 amide bonds. The molecule has 1 atom stereocenters. The standard InChI is InChI=1S/C8H16N2O3S/c1-14-5-3-6(8(12)13)10-7(11)2-4-9/h6H,2-5,9H2,1H3,(H,10,11)(H,12,13). The molecule has 5 nitrogen and oxygen atoms in total. The van der Waals surface area contributed by atoms with Crippen LogP contribution in [0.2, 0.25) is 0 Å². The quantitative estimate of drug-likeness (QED) is 0.546. The number of carbonyl (C=O) groups excluding carboxylic acids is 1. The van der Waals surface area contributed by atoms with Crippen LogP contribution in [0.25, 0.3) is 0 Å². The molecule has 1 unspecified atom stereocenters. The van der Waals surface area contributed by atoms with Crippen molar-refractivity contribution in [2.75, 3.05) is 18.6 Å². The van der Waals surface area contributed by atoms with Gasteiger partial charge in [0.2, 0.25) is 5.91 Å². The summed E-state index contributed by atoms with van der Waals surface area (Å²) in [6.07, 6.45) is 2.50. The Kier molecular flexibility index (Phi) is 7.23. The molecule has 0 aromatic heterocycles. The summed E-state index contributed by atoms with van der Waals surface area (Å²) in [5.41, 5.74) is 5.17. The number of hydrogen-bond acceptors (Lipinski definition) is 4. The maximum Gasteiger partial charge on any atom is 0.326 e. The number of rotatable bonds is 7. The molecule has 0 aromatic carbocycles. The Balaban J connectivity index is 3.95. The average Bonchev–Trinajstić information content (AvgIpc) is 2.12. The fourth-order valence-corrected chi connectivity index (χ4v) is 1.36. The molecule has 0 saturated carbocycles. The number of carbonyl (C=O) groups is 2. The molecule has 0 fully saturated rings. The molecule has 0 radical (unpaired) electrons. The molecule has 0 aliphatic rings. The summed E-state index contributed by atoms with van der Waals surface area (Å²) in [4.78, 5) is 21.7. The van der Waals surface area contributed by atoms with Gasteiger partial charge in [0, 0.05) is 13.0 Å². The normalized spacial score (nSPS) is 12.1. The van der Waals surface area contributed by atoms with Crippen molar-refractivity contribution in [1.29, 1.82) is 0 Å². The van der Waals surface area contributed by atoms with Gasteiger partial charge in [0.25, 0.3) is 0 Å². The van der Waals surface area contributed by atoms with Gasteiger partial charge in [0.1, 0.15) is 6.04 Å². The Hall–Kier alpha value is -0.750. The molecule has 0 saturated heterocycles. The highest BCUT2D eigenvalue weighted by Gasteiger charge is 2.18. The van der Waals surface area contributed by atoms with Crippen molar-refractivity contribution < 1.29 is 14.7 Å². The Morgan fingerprint density at radius 3 is 2.64 bits per heavy atom. The second kappa shape index (κ2) is 7.64. The van der Waals surface area contributed by atoms with Crippen LogP contribution in [0.15, 0.2) is 0 Å². The summed E-state index contributed by atoms with van der Waals surface area (Å²) in [6.45, 7) is 0.237. The molecule has 4 N–H and O–H groups in total. The molecule has 0 spiro atoms. The molecule has 0 aliphatic heterocycles. The van der Waals surface area contributed by atoms with E-state index in [9.17, 15) is 9.59 Å². The van der Waals surface area contributed by atoms with Crippen molar-refractivity contribution in [2.24, 2.45) is 5.73 Å². The fraction of sp³-hybridized carbons (Fsp3) is 0.750. The van der Waals surface area contributed by atoms with E-state index in [1.165, 1.54) is 0 Å². The monoisotopic (exact) mass is 220 g/mol. The van der Waals surface area contributed by atoms with E-state index in [4.69, 9.17) is 10.8 Å². The van der Waals surface area contributed by atoms with Gasteiger partial charge >= 0.3 is 5.97 Å². The number of carboxylic acid groups (broad SMARTS) is 1. The van der Waals surface area contributed by atoms with E-state index in [2.05, 4.69) is 5.32 Å². The van der Waals surface area contributed by atoms with Gasteiger partial charge in [0.15, 0.2) is 0 Å². The van der Waals surface area contributed by atoms with Gasteiger partial charge in [-0.2, -0.15) is 11.8 Å². The zero-order valence-electron chi connectivity index (χ0n) is 8.16. The van der Waals surface area contributed by atoms with E-state index in [1.54, 1.807) is 11.8 Å². The number of thioether (sulfide) groups is 1. The highest BCUT2D eigenvalue weighted by Crippen LogP contribution is 2.01. The number of nitrogens with two attached hydrogens (primary N) is 1. The highest BCUT2D eigenvalue weighted by atomic mass is 32.2. The van der Waals surface area contributed by atoms with Gasteiger partial charge in [-0.3, -0.25) is 4.79 Å². The lowest BCUT2D eigenvalue weighted by Crippen LogP contribution is -2.41. The first kappa shape index (κ1) is 13.2. The number of nitrogens with one attached hydrogen (secondary N) is 1. The molecule has 0 aliphatic carbocycles. The molecular formula is C8H16N2O3S. The van der Waals surface area contributed by atoms with Crippen LogP contribution < -0.4 is 11.1 Å². The van der Waals surface area contributed by atoms with Crippen LogP contribution in [0.5, 0.6) is 0 Å². The second-order valence-corrected chi connectivity index (χ2v) is 3.76. The third-order valence-corrected chi connectivity index (χ3v) is 2.26. The minimum absolute atomic E-state index is 0.170. The molecule has 0 bridgehead atoms. The van der Waals surface area contributed by atoms with Gasteiger partial charge in [-0.25, -0.2) is 4.79 Å². The summed E-state index contributed by atoms with van der Waals surface area (Å²) >= 11 is 1.55. The van der Waals surface area contributed by atoms with E-state index in [1.807, 2.05) is 6.26 Å². The van der Waals surface area contributed by atoms with Crippen molar-refractivity contribution in [3.63, 3.8) is 0 Å². The Bertz CT molecular complexity index is 199. The second-order valence-electron chi connectivity index (χ2n) is 2.78. The minimum atomic E-state index is -0.996. The summed E-state index contributed by atoms with van der Waals surface area (Å²) in [6, 6.07) is -0.790. The van der Waals surface area contributed by atoms with Crippen molar-refractivity contribution in [1.82, 2.24) is 5.32 Å². The lowest BCUT2D eigenvalue weighted by atomic mass is 10.2. The molecule has 6 heteroatoms. The maximum absolute atomic E-state index is 11.1. The van der Waals surface area contributed by atoms with E-state index in [0.29, 0.717) is 12.2 Å². The molecule has 0 heterocycles. The van der Waals surface area contributed by atoms with Gasteiger partial charge < -0.3 is 16.2 Å². The number of amides is 1. The zero-order valence-corrected chi connectivity index (χ0v) is 8.97. The number of carboxylic acids is 1. The number of hydrogen-bond donors (Lipinski definition) is 3. The van der Waals surface area contributed by atoms with E-state index in [-0.39, 0.29) is 18.9 Å². The molecular weight excluding hydrogens is 204 g/mol. The minimum Gasteiger partial charge on any atom is -0.480 e. The first-order valence-corrected chi connectivity index (χ1v) is 5.72. The topological polar surface area (TPSA) is 92.4 Å². The molecule has 14 heavy (non-hydrogen) atoms. The van der Waals surface area contributed by atoms with Gasteiger partial charge in [0.05, 0.1) is 0 Å². The summed E-state index contributed by atoms with van der Waals surface area (Å²) in [5, 5.41) is 11.2. The van der Waals surface area contributed by atoms with Gasteiger partial charge in [-0.15, -0.1) is 0 Å². The van der Waals surface area contributed by atoms with Crippen molar-refractivity contribution in [3.05, 3.63) is 0 Å². The first-order chi connectivity index (χ1) is 6.61. The summed E-state index contributed by atoms with van der Waals surface area (Å²) < 4.78 is 0. The fourth-order valence-electron chi connectivity index (χ4n) is 0.891. The average molecular weight is 220 g/mol. The van der Waals surface area contributed by atoms with E-state index < -0.39 is 12.0 Å². The van der Waals surface area contributed by atoms with Crippen LogP contribution in [0.4, 0.5) is 0 Å². The van der Waals surface area contributed by atoms with Crippen molar-refractivity contribution in [2.45, 2.75) is 18.9 Å². The third-order valence-electron chi connectivity index (χ3n) is 1.62. The predicted molar refractivity (Wildman–Crippen MR) is 56.2 cm³/mol. The van der Waals surface area contributed by atoms with Crippen LogP contribution in [0.1, 0.15) is 12.8 Å². The Morgan fingerprint density at radius 2 is 2.21 bits per heavy atom. The maximum atomic E-state index is 11.1. The van der Waals surface area contributed by atoms with Crippen LogP contribution in [-0.4, -0.2) is 41.6 Å². The summed E-state index contributed by atoms with van der Waals surface area (Å²) in [7, 11) is 0. The Morgan fingerprint density at radius 1 is 1.57 bits per heavy atom. The van der Waals surface area contributed by atoms with Gasteiger partial charge in [-0.05, 0) is 18.4 Å². The van der Waals surface area contributed by atoms with Gasteiger partial charge in [-0.1, -0.05) is 0 Å². The molecule has 0 rings (SSSR count). The summed E-state index contributed by atoms with van der Waals surface area (Å²) in [5.74, 6) is -0.592. The van der Waals surface area contributed by atoms with Crippen LogP contribution in [0, 0.1) is 0 Å². The SMILES string of the molecule is CSCCC(NC(=O)CCN)C(=O)O. The highest BCUT2D eigenvalue weighted by molar-refractivity contribution is 7.98. The lowest BCUT2D eigenvalue weighted by molar-refractivity contribution is -0.141. The molecule has 82 valence electrons. The van der Waals surface area contributed by atoms with Crippen LogP contribution >= 0.6 is 11.8 Å². The largest absolute Gasteiger partial charge is 0.480 e. The van der Waals surface area contributed by atoms with Crippen LogP contribution in [-0.2, 0) is 9.59 Å². The third kappa shape index (κ3) is 5.82. The van der Waals surface area contributed by atoms with Crippen LogP contribution in [0.3, 0.4) is 0 Å². The lowest BCUT2D eigenvalue weighted by Gasteiger charge is -2.13. The van der Waals surface area contributed by atoms with Crippen molar-refractivity contribution in [3.8, 4) is 0 Å². The zero-order chi connectivity index (χ0) is 11.0. The Labute approximate surface area is 87.4 Å².